The van der Waals surface area contributed by atoms with Crippen molar-refractivity contribution in [3.8, 4) is 0 Å². The van der Waals surface area contributed by atoms with E-state index in [1.54, 1.807) is 12.1 Å². The second-order valence-corrected chi connectivity index (χ2v) is 4.83. The van der Waals surface area contributed by atoms with Crippen LogP contribution in [-0.4, -0.2) is 26.1 Å². The molecule has 5 nitrogen and oxygen atoms in total. The van der Waals surface area contributed by atoms with E-state index < -0.39 is 5.97 Å². The highest BCUT2D eigenvalue weighted by molar-refractivity contribution is 6.00. The Morgan fingerprint density at radius 2 is 2.24 bits per heavy atom. The molecule has 1 aromatic carbocycles. The molecule has 1 saturated carbocycles. The van der Waals surface area contributed by atoms with E-state index in [0.717, 1.165) is 18.4 Å². The van der Waals surface area contributed by atoms with Gasteiger partial charge in [0.25, 0.3) is 0 Å². The van der Waals surface area contributed by atoms with Gasteiger partial charge < -0.3 is 5.11 Å². The van der Waals surface area contributed by atoms with Gasteiger partial charge in [0.05, 0.1) is 16.6 Å². The topological polar surface area (TPSA) is 68.0 Å². The van der Waals surface area contributed by atoms with Crippen LogP contribution in [0.25, 0.3) is 11.0 Å². The molecule has 3 rings (SSSR count). The summed E-state index contributed by atoms with van der Waals surface area (Å²) in [4.78, 5) is 11.1. The van der Waals surface area contributed by atoms with Crippen molar-refractivity contribution in [1.82, 2.24) is 15.0 Å². The van der Waals surface area contributed by atoms with Gasteiger partial charge in [-0.15, -0.1) is 5.10 Å². The molecule has 0 atom stereocenters. The van der Waals surface area contributed by atoms with Crippen LogP contribution in [0.15, 0.2) is 18.2 Å². The summed E-state index contributed by atoms with van der Waals surface area (Å²) in [6.45, 7) is 2.14. The zero-order valence-corrected chi connectivity index (χ0v) is 9.55. The van der Waals surface area contributed by atoms with E-state index in [9.17, 15) is 4.79 Å². The number of nitrogens with zero attached hydrogens (tertiary/aromatic N) is 3. The molecule has 1 heterocycles. The maximum absolute atomic E-state index is 11.1. The number of carbonyl (C=O) groups is 1. The number of aromatic carboxylic acids is 1. The van der Waals surface area contributed by atoms with Crippen LogP contribution < -0.4 is 0 Å². The van der Waals surface area contributed by atoms with Crippen molar-refractivity contribution in [1.29, 1.82) is 0 Å². The quantitative estimate of drug-likeness (QED) is 0.858. The number of benzene rings is 1. The predicted molar refractivity (Wildman–Crippen MR) is 62.0 cm³/mol. The van der Waals surface area contributed by atoms with Gasteiger partial charge in [-0.3, -0.25) is 0 Å². The van der Waals surface area contributed by atoms with Gasteiger partial charge in [0.2, 0.25) is 0 Å². The van der Waals surface area contributed by atoms with Gasteiger partial charge in [-0.05, 0) is 38.3 Å². The van der Waals surface area contributed by atoms with Gasteiger partial charge in [-0.1, -0.05) is 11.3 Å². The fourth-order valence-corrected chi connectivity index (χ4v) is 2.42. The van der Waals surface area contributed by atoms with E-state index in [1.807, 2.05) is 10.7 Å². The van der Waals surface area contributed by atoms with Crippen LogP contribution in [0.2, 0.25) is 0 Å². The number of aromatic nitrogens is 3. The summed E-state index contributed by atoms with van der Waals surface area (Å²) >= 11 is 0. The Kier molecular flexibility index (Phi) is 1.98. The Bertz CT molecular complexity index is 599. The second-order valence-electron chi connectivity index (χ2n) is 4.83. The van der Waals surface area contributed by atoms with Crippen molar-refractivity contribution in [3.05, 3.63) is 23.8 Å². The van der Waals surface area contributed by atoms with Crippen LogP contribution in [0.3, 0.4) is 0 Å². The lowest BCUT2D eigenvalue weighted by atomic mass is 9.78. The molecule has 1 aliphatic rings. The molecule has 17 heavy (non-hydrogen) atoms. The molecule has 0 aliphatic heterocycles. The minimum absolute atomic E-state index is 0.00583. The highest BCUT2D eigenvalue weighted by Gasteiger charge is 2.36. The SMILES string of the molecule is CC1(n2nnc3c(C(=O)O)cccc32)CCC1. The summed E-state index contributed by atoms with van der Waals surface area (Å²) < 4.78 is 1.87. The Hall–Kier alpha value is -1.91. The highest BCUT2D eigenvalue weighted by atomic mass is 16.4. The molecular formula is C12H13N3O2. The van der Waals surface area contributed by atoms with Gasteiger partial charge in [-0.2, -0.15) is 0 Å². The van der Waals surface area contributed by atoms with E-state index in [1.165, 1.54) is 6.42 Å². The predicted octanol–water partition coefficient (Wildman–Crippen LogP) is 2.03. The minimum Gasteiger partial charge on any atom is -0.478 e. The molecule has 1 aliphatic carbocycles. The zero-order chi connectivity index (χ0) is 12.0. The molecule has 2 aromatic rings. The smallest absolute Gasteiger partial charge is 0.338 e. The third kappa shape index (κ3) is 1.35. The maximum atomic E-state index is 11.1. The minimum atomic E-state index is -0.957. The largest absolute Gasteiger partial charge is 0.478 e. The van der Waals surface area contributed by atoms with E-state index in [-0.39, 0.29) is 11.1 Å². The van der Waals surface area contributed by atoms with Crippen molar-refractivity contribution in [2.45, 2.75) is 31.7 Å². The van der Waals surface area contributed by atoms with Gasteiger partial charge in [0.1, 0.15) is 5.52 Å². The van der Waals surface area contributed by atoms with E-state index >= 15 is 0 Å². The first-order chi connectivity index (χ1) is 8.12. The van der Waals surface area contributed by atoms with E-state index in [4.69, 9.17) is 5.11 Å². The molecule has 0 bridgehead atoms. The van der Waals surface area contributed by atoms with Crippen LogP contribution in [0.1, 0.15) is 36.5 Å². The Morgan fingerprint density at radius 1 is 1.47 bits per heavy atom. The number of hydrogen-bond donors (Lipinski definition) is 1. The molecule has 0 saturated heterocycles. The summed E-state index contributed by atoms with van der Waals surface area (Å²) in [6, 6.07) is 5.19. The fraction of sp³-hybridized carbons (Fsp3) is 0.417. The van der Waals surface area contributed by atoms with Gasteiger partial charge in [-0.25, -0.2) is 9.48 Å². The molecular weight excluding hydrogens is 218 g/mol. The molecule has 0 radical (unpaired) electrons. The van der Waals surface area contributed by atoms with Crippen molar-refractivity contribution >= 4 is 17.0 Å². The molecule has 88 valence electrons. The maximum Gasteiger partial charge on any atom is 0.338 e. The lowest BCUT2D eigenvalue weighted by Gasteiger charge is -2.38. The van der Waals surface area contributed by atoms with Crippen molar-refractivity contribution in [2.75, 3.05) is 0 Å². The van der Waals surface area contributed by atoms with Crippen LogP contribution in [0, 0.1) is 0 Å². The number of carboxylic acids is 1. The average Bonchev–Trinajstić information content (AvgIpc) is 2.69. The molecule has 0 spiro atoms. The highest BCUT2D eigenvalue weighted by Crippen LogP contribution is 2.39. The van der Waals surface area contributed by atoms with Crippen molar-refractivity contribution in [2.24, 2.45) is 0 Å². The van der Waals surface area contributed by atoms with Gasteiger partial charge in [0.15, 0.2) is 0 Å². The normalized spacial score (nSPS) is 17.9. The lowest BCUT2D eigenvalue weighted by Crippen LogP contribution is -2.38. The summed E-state index contributed by atoms with van der Waals surface area (Å²) in [5.41, 5.74) is 1.52. The van der Waals surface area contributed by atoms with Gasteiger partial charge in [0, 0.05) is 0 Å². The van der Waals surface area contributed by atoms with Crippen molar-refractivity contribution < 1.29 is 9.90 Å². The average molecular weight is 231 g/mol. The van der Waals surface area contributed by atoms with Crippen LogP contribution in [0.5, 0.6) is 0 Å². The number of fused-ring (bicyclic) bond motifs is 1. The molecule has 1 aromatic heterocycles. The van der Waals surface area contributed by atoms with Crippen LogP contribution in [-0.2, 0) is 5.54 Å². The standard InChI is InChI=1S/C12H13N3O2/c1-12(6-3-7-12)15-9-5-2-4-8(11(16)17)10(9)13-14-15/h2,4-5H,3,6-7H2,1H3,(H,16,17). The summed E-state index contributed by atoms with van der Waals surface area (Å²) in [6.07, 6.45) is 3.34. The van der Waals surface area contributed by atoms with Crippen LogP contribution >= 0.6 is 0 Å². The first-order valence-corrected chi connectivity index (χ1v) is 5.70. The Morgan fingerprint density at radius 3 is 2.82 bits per heavy atom. The summed E-state index contributed by atoms with van der Waals surface area (Å²) in [5.74, 6) is -0.957. The first-order valence-electron chi connectivity index (χ1n) is 5.70. The molecule has 1 N–H and O–H groups in total. The molecule has 1 fully saturated rings. The fourth-order valence-electron chi connectivity index (χ4n) is 2.42. The molecule has 0 unspecified atom stereocenters. The molecule has 5 heteroatoms. The third-order valence-electron chi connectivity index (χ3n) is 3.65. The summed E-state index contributed by atoms with van der Waals surface area (Å²) in [5, 5.41) is 17.2. The molecule has 0 amide bonds. The number of hydrogen-bond acceptors (Lipinski definition) is 3. The number of rotatable bonds is 2. The monoisotopic (exact) mass is 231 g/mol. The second kappa shape index (κ2) is 3.29. The van der Waals surface area contributed by atoms with Crippen LogP contribution in [0.4, 0.5) is 0 Å². The number of carboxylic acid groups (broad SMARTS) is 1. The van der Waals surface area contributed by atoms with E-state index in [0.29, 0.717) is 5.52 Å². The Labute approximate surface area is 98.0 Å². The summed E-state index contributed by atoms with van der Waals surface area (Å²) in [7, 11) is 0. The zero-order valence-electron chi connectivity index (χ0n) is 9.55. The van der Waals surface area contributed by atoms with E-state index in [2.05, 4.69) is 17.2 Å². The lowest BCUT2D eigenvalue weighted by molar-refractivity contribution is 0.0699. The van der Waals surface area contributed by atoms with Crippen molar-refractivity contribution in [3.63, 3.8) is 0 Å². The first kappa shape index (κ1) is 10.3. The third-order valence-corrected chi connectivity index (χ3v) is 3.65. The van der Waals surface area contributed by atoms with Gasteiger partial charge >= 0.3 is 5.97 Å². The Balaban J connectivity index is 2.23.